The standard InChI is InChI=1S/C20H20N2O6S2/c1-13(23)21-9-10-22-30(26,27)20-16(8-11-29-20)15-4-2-3-5-19(15)28-14-6-7-17(24)18(25)12-14/h2-8,11-12,22,24-25H,9-10H2,1H3,(H,21,23). The molecule has 0 aliphatic carbocycles. The lowest BCUT2D eigenvalue weighted by Gasteiger charge is -2.13. The largest absolute Gasteiger partial charge is 0.504 e. The molecule has 30 heavy (non-hydrogen) atoms. The molecule has 8 nitrogen and oxygen atoms in total. The first-order valence-electron chi connectivity index (χ1n) is 8.89. The summed E-state index contributed by atoms with van der Waals surface area (Å²) in [5, 5.41) is 23.3. The van der Waals surface area contributed by atoms with Crippen molar-refractivity contribution in [3.8, 4) is 34.1 Å². The number of aromatic hydroxyl groups is 2. The number of carbonyl (C=O) groups is 1. The van der Waals surface area contributed by atoms with Gasteiger partial charge in [-0.15, -0.1) is 11.3 Å². The van der Waals surface area contributed by atoms with E-state index in [1.165, 1.54) is 25.1 Å². The van der Waals surface area contributed by atoms with Crippen LogP contribution in [0.5, 0.6) is 23.0 Å². The molecule has 0 bridgehead atoms. The molecule has 0 fully saturated rings. The molecular weight excluding hydrogens is 428 g/mol. The third kappa shape index (κ3) is 5.09. The van der Waals surface area contributed by atoms with Gasteiger partial charge in [-0.25, -0.2) is 13.1 Å². The van der Waals surface area contributed by atoms with Gasteiger partial charge in [0.2, 0.25) is 5.91 Å². The summed E-state index contributed by atoms with van der Waals surface area (Å²) in [6, 6.07) is 12.6. The van der Waals surface area contributed by atoms with Crippen molar-refractivity contribution in [1.29, 1.82) is 0 Å². The molecule has 1 amide bonds. The van der Waals surface area contributed by atoms with E-state index in [4.69, 9.17) is 4.74 Å². The number of hydrogen-bond donors (Lipinski definition) is 4. The van der Waals surface area contributed by atoms with Crippen LogP contribution in [0.4, 0.5) is 0 Å². The highest BCUT2D eigenvalue weighted by Crippen LogP contribution is 2.40. The van der Waals surface area contributed by atoms with Gasteiger partial charge in [0.1, 0.15) is 15.7 Å². The first-order chi connectivity index (χ1) is 14.3. The van der Waals surface area contributed by atoms with Gasteiger partial charge < -0.3 is 20.3 Å². The molecule has 3 aromatic rings. The van der Waals surface area contributed by atoms with Crippen LogP contribution in [0.25, 0.3) is 11.1 Å². The van der Waals surface area contributed by atoms with E-state index in [-0.39, 0.29) is 40.5 Å². The molecule has 1 aromatic heterocycles. The summed E-state index contributed by atoms with van der Waals surface area (Å²) in [5.74, 6) is -0.168. The number of ether oxygens (including phenoxy) is 1. The average molecular weight is 449 g/mol. The molecule has 0 radical (unpaired) electrons. The molecule has 2 aromatic carbocycles. The summed E-state index contributed by atoms with van der Waals surface area (Å²) >= 11 is 1.07. The van der Waals surface area contributed by atoms with Crippen molar-refractivity contribution in [2.24, 2.45) is 0 Å². The van der Waals surface area contributed by atoms with Crippen LogP contribution in [0.2, 0.25) is 0 Å². The fourth-order valence-corrected chi connectivity index (χ4v) is 5.12. The van der Waals surface area contributed by atoms with Crippen LogP contribution in [0.15, 0.2) is 58.1 Å². The first-order valence-corrected chi connectivity index (χ1v) is 11.2. The van der Waals surface area contributed by atoms with E-state index in [9.17, 15) is 23.4 Å². The number of rotatable bonds is 8. The molecule has 0 atom stereocenters. The molecule has 4 N–H and O–H groups in total. The Hall–Kier alpha value is -3.08. The van der Waals surface area contributed by atoms with Crippen LogP contribution in [0.1, 0.15) is 6.92 Å². The zero-order valence-electron chi connectivity index (χ0n) is 16.0. The van der Waals surface area contributed by atoms with Crippen LogP contribution in [-0.2, 0) is 14.8 Å². The van der Waals surface area contributed by atoms with Gasteiger partial charge in [-0.05, 0) is 29.6 Å². The Bertz CT molecular complexity index is 1160. The van der Waals surface area contributed by atoms with E-state index in [0.29, 0.717) is 16.9 Å². The molecule has 3 rings (SSSR count). The topological polar surface area (TPSA) is 125 Å². The monoisotopic (exact) mass is 448 g/mol. The lowest BCUT2D eigenvalue weighted by molar-refractivity contribution is -0.118. The van der Waals surface area contributed by atoms with E-state index < -0.39 is 10.0 Å². The Morgan fingerprint density at radius 1 is 1.03 bits per heavy atom. The Kier molecular flexibility index (Phi) is 6.60. The van der Waals surface area contributed by atoms with Crippen molar-refractivity contribution in [1.82, 2.24) is 10.0 Å². The first kappa shape index (κ1) is 21.6. The van der Waals surface area contributed by atoms with Crippen LogP contribution in [0, 0.1) is 0 Å². The van der Waals surface area contributed by atoms with Crippen LogP contribution in [0.3, 0.4) is 0 Å². The highest BCUT2D eigenvalue weighted by atomic mass is 32.2. The van der Waals surface area contributed by atoms with E-state index in [2.05, 4.69) is 10.0 Å². The number of hydrogen-bond acceptors (Lipinski definition) is 7. The maximum absolute atomic E-state index is 12.8. The molecule has 0 aliphatic rings. The molecular formula is C20H20N2O6S2. The number of phenolic OH excluding ortho intramolecular Hbond substituents is 2. The third-order valence-corrected chi connectivity index (χ3v) is 6.96. The molecule has 1 heterocycles. The Balaban J connectivity index is 1.88. The van der Waals surface area contributed by atoms with E-state index in [1.54, 1.807) is 35.7 Å². The van der Waals surface area contributed by atoms with Gasteiger partial charge in [-0.1, -0.05) is 18.2 Å². The quantitative estimate of drug-likeness (QED) is 0.310. The number of thiophene rings is 1. The number of para-hydroxylation sites is 1. The SMILES string of the molecule is CC(=O)NCCNS(=O)(=O)c1sccc1-c1ccccc1Oc1ccc(O)c(O)c1. The van der Waals surface area contributed by atoms with Gasteiger partial charge >= 0.3 is 0 Å². The van der Waals surface area contributed by atoms with Crippen molar-refractivity contribution in [3.05, 3.63) is 53.9 Å². The maximum Gasteiger partial charge on any atom is 0.250 e. The summed E-state index contributed by atoms with van der Waals surface area (Å²) in [7, 11) is -3.81. The van der Waals surface area contributed by atoms with Crippen LogP contribution in [-0.4, -0.2) is 37.6 Å². The minimum atomic E-state index is -3.81. The number of amides is 1. The van der Waals surface area contributed by atoms with Gasteiger partial charge in [0.15, 0.2) is 11.5 Å². The highest BCUT2D eigenvalue weighted by molar-refractivity contribution is 7.91. The Labute approximate surface area is 177 Å². The smallest absolute Gasteiger partial charge is 0.250 e. The summed E-state index contributed by atoms with van der Waals surface area (Å²) in [5.41, 5.74) is 1.01. The summed E-state index contributed by atoms with van der Waals surface area (Å²) in [4.78, 5) is 10.9. The predicted molar refractivity (Wildman–Crippen MR) is 113 cm³/mol. The zero-order chi connectivity index (χ0) is 21.7. The molecule has 0 spiro atoms. The van der Waals surface area contributed by atoms with E-state index in [1.807, 2.05) is 0 Å². The molecule has 10 heteroatoms. The van der Waals surface area contributed by atoms with E-state index in [0.717, 1.165) is 11.3 Å². The Morgan fingerprint density at radius 3 is 2.53 bits per heavy atom. The average Bonchev–Trinajstić information content (AvgIpc) is 3.19. The number of carbonyl (C=O) groups excluding carboxylic acids is 1. The maximum atomic E-state index is 12.8. The minimum Gasteiger partial charge on any atom is -0.504 e. The third-order valence-electron chi connectivity index (χ3n) is 4.02. The van der Waals surface area contributed by atoms with Gasteiger partial charge in [-0.2, -0.15) is 0 Å². The van der Waals surface area contributed by atoms with Crippen molar-refractivity contribution in [2.45, 2.75) is 11.1 Å². The van der Waals surface area contributed by atoms with Crippen molar-refractivity contribution in [3.63, 3.8) is 0 Å². The number of sulfonamides is 1. The zero-order valence-corrected chi connectivity index (χ0v) is 17.6. The molecule has 0 saturated carbocycles. The summed E-state index contributed by atoms with van der Waals surface area (Å²) in [6.07, 6.45) is 0. The molecule has 0 unspecified atom stereocenters. The lowest BCUT2D eigenvalue weighted by Crippen LogP contribution is -2.33. The fraction of sp³-hybridized carbons (Fsp3) is 0.150. The normalized spacial score (nSPS) is 11.2. The summed E-state index contributed by atoms with van der Waals surface area (Å²) < 4.78 is 34.0. The number of benzene rings is 2. The van der Waals surface area contributed by atoms with Crippen molar-refractivity contribution >= 4 is 27.3 Å². The molecule has 158 valence electrons. The highest BCUT2D eigenvalue weighted by Gasteiger charge is 2.23. The lowest BCUT2D eigenvalue weighted by atomic mass is 10.1. The summed E-state index contributed by atoms with van der Waals surface area (Å²) in [6.45, 7) is 1.60. The number of phenols is 2. The van der Waals surface area contributed by atoms with E-state index >= 15 is 0 Å². The van der Waals surface area contributed by atoms with Gasteiger partial charge in [0, 0.05) is 37.2 Å². The second kappa shape index (κ2) is 9.16. The van der Waals surface area contributed by atoms with Crippen LogP contribution >= 0.6 is 11.3 Å². The number of nitrogens with one attached hydrogen (secondary N) is 2. The van der Waals surface area contributed by atoms with Crippen LogP contribution < -0.4 is 14.8 Å². The second-order valence-corrected chi connectivity index (χ2v) is 9.13. The van der Waals surface area contributed by atoms with Crippen molar-refractivity contribution < 1.29 is 28.2 Å². The van der Waals surface area contributed by atoms with Gasteiger partial charge in [0.05, 0.1) is 0 Å². The Morgan fingerprint density at radius 2 is 1.80 bits per heavy atom. The van der Waals surface area contributed by atoms with Crippen molar-refractivity contribution in [2.75, 3.05) is 13.1 Å². The molecule has 0 aliphatic heterocycles. The minimum absolute atomic E-state index is 0.0597. The van der Waals surface area contributed by atoms with Gasteiger partial charge in [0.25, 0.3) is 10.0 Å². The fourth-order valence-electron chi connectivity index (χ4n) is 2.66. The second-order valence-electron chi connectivity index (χ2n) is 6.25. The predicted octanol–water partition coefficient (Wildman–Crippen LogP) is 3.03. The molecule has 0 saturated heterocycles. The van der Waals surface area contributed by atoms with Gasteiger partial charge in [-0.3, -0.25) is 4.79 Å².